The van der Waals surface area contributed by atoms with E-state index in [4.69, 9.17) is 0 Å². The molecule has 3 aromatic rings. The van der Waals surface area contributed by atoms with E-state index in [1.54, 1.807) is 12.1 Å². The predicted molar refractivity (Wildman–Crippen MR) is 103 cm³/mol. The largest absolute Gasteiger partial charge is 0.300 e. The molecule has 0 spiro atoms. The summed E-state index contributed by atoms with van der Waals surface area (Å²) in [5.41, 5.74) is 1.56. The Kier molecular flexibility index (Phi) is 5.91. The van der Waals surface area contributed by atoms with Crippen LogP contribution in [0.5, 0.6) is 0 Å². The van der Waals surface area contributed by atoms with Gasteiger partial charge in [0.15, 0.2) is 4.34 Å². The van der Waals surface area contributed by atoms with Crippen molar-refractivity contribution in [2.75, 3.05) is 16.4 Å². The minimum Gasteiger partial charge on any atom is -0.300 e. The first-order valence-corrected chi connectivity index (χ1v) is 10.1. The molecule has 8 nitrogen and oxygen atoms in total. The minimum atomic E-state index is -0.245. The Balaban J connectivity index is 1.51. The van der Waals surface area contributed by atoms with Crippen molar-refractivity contribution in [2.24, 2.45) is 0 Å². The van der Waals surface area contributed by atoms with E-state index < -0.39 is 0 Å². The molecule has 11 heteroatoms. The number of carbonyl (C=O) groups is 2. The van der Waals surface area contributed by atoms with Gasteiger partial charge in [0.2, 0.25) is 16.2 Å². The molecule has 0 unspecified atom stereocenters. The molecule has 2 heterocycles. The smallest absolute Gasteiger partial charge is 0.257 e. The highest BCUT2D eigenvalue weighted by Crippen LogP contribution is 2.26. The van der Waals surface area contributed by atoms with E-state index in [9.17, 15) is 9.59 Å². The zero-order valence-corrected chi connectivity index (χ0v) is 16.3. The lowest BCUT2D eigenvalue weighted by atomic mass is 10.1. The first-order valence-electron chi connectivity index (χ1n) is 7.44. The molecule has 0 atom stereocenters. The summed E-state index contributed by atoms with van der Waals surface area (Å²) in [6.07, 6.45) is 0. The lowest BCUT2D eigenvalue weighted by Gasteiger charge is -2.01. The Morgan fingerprint density at radius 3 is 2.54 bits per heavy atom. The van der Waals surface area contributed by atoms with Crippen molar-refractivity contribution in [3.8, 4) is 0 Å². The normalized spacial score (nSPS) is 10.5. The lowest BCUT2D eigenvalue weighted by Crippen LogP contribution is -2.13. The molecule has 2 aromatic heterocycles. The number of nitrogens with zero attached hydrogens (tertiary/aromatic N) is 4. The summed E-state index contributed by atoms with van der Waals surface area (Å²) in [6.45, 7) is 3.74. The van der Waals surface area contributed by atoms with Gasteiger partial charge in [-0.15, -0.1) is 20.4 Å². The SMILES string of the molecule is Cc1cccc(C(=O)Nc2nnc(SCC(=O)Nc3nnc(C)s3)s2)c1. The Morgan fingerprint density at radius 1 is 1.04 bits per heavy atom. The molecule has 2 N–H and O–H groups in total. The van der Waals surface area contributed by atoms with Gasteiger partial charge in [-0.05, 0) is 26.0 Å². The number of aromatic nitrogens is 4. The Morgan fingerprint density at radius 2 is 1.81 bits per heavy atom. The van der Waals surface area contributed by atoms with Gasteiger partial charge in [-0.3, -0.25) is 20.2 Å². The third-order valence-electron chi connectivity index (χ3n) is 3.01. The summed E-state index contributed by atoms with van der Waals surface area (Å²) in [5, 5.41) is 22.6. The van der Waals surface area contributed by atoms with Crippen LogP contribution in [0.15, 0.2) is 28.6 Å². The second-order valence-electron chi connectivity index (χ2n) is 5.16. The second kappa shape index (κ2) is 8.34. The van der Waals surface area contributed by atoms with E-state index in [0.29, 0.717) is 20.2 Å². The van der Waals surface area contributed by atoms with Crippen LogP contribution in [0, 0.1) is 13.8 Å². The summed E-state index contributed by atoms with van der Waals surface area (Å²) in [6, 6.07) is 7.28. The molecule has 26 heavy (non-hydrogen) atoms. The average Bonchev–Trinajstić information content (AvgIpc) is 3.22. The van der Waals surface area contributed by atoms with Crippen LogP contribution in [-0.2, 0) is 4.79 Å². The fourth-order valence-electron chi connectivity index (χ4n) is 1.90. The van der Waals surface area contributed by atoms with Crippen molar-refractivity contribution in [3.63, 3.8) is 0 Å². The second-order valence-corrected chi connectivity index (χ2v) is 8.54. The van der Waals surface area contributed by atoms with Gasteiger partial charge in [0.1, 0.15) is 5.01 Å². The van der Waals surface area contributed by atoms with E-state index in [0.717, 1.165) is 10.6 Å². The molecule has 3 rings (SSSR count). The Bertz CT molecular complexity index is 939. The van der Waals surface area contributed by atoms with Crippen molar-refractivity contribution < 1.29 is 9.59 Å². The molecular weight excluding hydrogens is 392 g/mol. The van der Waals surface area contributed by atoms with Gasteiger partial charge in [0.05, 0.1) is 5.75 Å². The fraction of sp³-hybridized carbons (Fsp3) is 0.200. The number of nitrogens with one attached hydrogen (secondary N) is 2. The monoisotopic (exact) mass is 406 g/mol. The van der Waals surface area contributed by atoms with Crippen LogP contribution in [0.2, 0.25) is 0 Å². The Hall–Kier alpha value is -2.37. The van der Waals surface area contributed by atoms with E-state index in [1.165, 1.54) is 34.4 Å². The van der Waals surface area contributed by atoms with Gasteiger partial charge < -0.3 is 0 Å². The molecule has 134 valence electrons. The number of rotatable bonds is 6. The zero-order chi connectivity index (χ0) is 18.5. The molecule has 0 saturated heterocycles. The van der Waals surface area contributed by atoms with Gasteiger partial charge in [-0.1, -0.05) is 52.1 Å². The van der Waals surface area contributed by atoms with Crippen LogP contribution in [-0.4, -0.2) is 38.0 Å². The summed E-state index contributed by atoms with van der Waals surface area (Å²) >= 11 is 3.77. The first kappa shape index (κ1) is 18.4. The topological polar surface area (TPSA) is 110 Å². The van der Waals surface area contributed by atoms with Crippen molar-refractivity contribution in [3.05, 3.63) is 40.4 Å². The van der Waals surface area contributed by atoms with Crippen molar-refractivity contribution in [1.82, 2.24) is 20.4 Å². The highest BCUT2D eigenvalue weighted by atomic mass is 32.2. The molecule has 0 aliphatic carbocycles. The van der Waals surface area contributed by atoms with Crippen LogP contribution in [0.3, 0.4) is 0 Å². The quantitative estimate of drug-likeness (QED) is 0.478. The maximum Gasteiger partial charge on any atom is 0.257 e. The number of thioether (sulfide) groups is 1. The zero-order valence-electron chi connectivity index (χ0n) is 13.8. The average molecular weight is 407 g/mol. The van der Waals surface area contributed by atoms with Gasteiger partial charge in [0.25, 0.3) is 5.91 Å². The lowest BCUT2D eigenvalue weighted by molar-refractivity contribution is -0.113. The van der Waals surface area contributed by atoms with Crippen LogP contribution in [0.4, 0.5) is 10.3 Å². The molecule has 0 aliphatic rings. The number of benzene rings is 1. The first-order chi connectivity index (χ1) is 12.5. The van der Waals surface area contributed by atoms with Crippen molar-refractivity contribution in [2.45, 2.75) is 18.2 Å². The summed E-state index contributed by atoms with van der Waals surface area (Å²) < 4.78 is 0.591. The van der Waals surface area contributed by atoms with E-state index in [1.807, 2.05) is 26.0 Å². The number of aryl methyl sites for hydroxylation is 2. The molecular formula is C15H14N6O2S3. The summed E-state index contributed by atoms with van der Waals surface area (Å²) in [7, 11) is 0. The van der Waals surface area contributed by atoms with Crippen molar-refractivity contribution >= 4 is 56.5 Å². The van der Waals surface area contributed by atoms with Gasteiger partial charge in [-0.2, -0.15) is 0 Å². The predicted octanol–water partition coefficient (Wildman–Crippen LogP) is 2.99. The van der Waals surface area contributed by atoms with Gasteiger partial charge in [-0.25, -0.2) is 0 Å². The van der Waals surface area contributed by atoms with Crippen LogP contribution >= 0.6 is 34.4 Å². The highest BCUT2D eigenvalue weighted by molar-refractivity contribution is 8.01. The Labute approximate surface area is 161 Å². The standard InChI is InChI=1S/C15H14N6O2S3/c1-8-4-3-5-10(6-8)12(23)17-14-20-21-15(26-14)24-7-11(22)16-13-19-18-9(2)25-13/h3-6H,7H2,1-2H3,(H,16,19,22)(H,17,20,23). The van der Waals surface area contributed by atoms with Gasteiger partial charge >= 0.3 is 0 Å². The van der Waals surface area contributed by atoms with Crippen molar-refractivity contribution in [1.29, 1.82) is 0 Å². The number of amides is 2. The molecule has 0 fully saturated rings. The van der Waals surface area contributed by atoms with E-state index >= 15 is 0 Å². The third kappa shape index (κ3) is 5.07. The third-order valence-corrected chi connectivity index (χ3v) is 5.73. The van der Waals surface area contributed by atoms with E-state index in [-0.39, 0.29) is 17.6 Å². The van der Waals surface area contributed by atoms with Crippen LogP contribution in [0.1, 0.15) is 20.9 Å². The molecule has 2 amide bonds. The maximum absolute atomic E-state index is 12.2. The summed E-state index contributed by atoms with van der Waals surface area (Å²) in [4.78, 5) is 24.1. The maximum atomic E-state index is 12.2. The number of hydrogen-bond acceptors (Lipinski definition) is 9. The van der Waals surface area contributed by atoms with Crippen LogP contribution < -0.4 is 10.6 Å². The number of carbonyl (C=O) groups excluding carboxylic acids is 2. The summed E-state index contributed by atoms with van der Waals surface area (Å²) in [5.74, 6) is -0.281. The number of hydrogen-bond donors (Lipinski definition) is 2. The number of anilines is 2. The molecule has 0 saturated carbocycles. The van der Waals surface area contributed by atoms with Crippen LogP contribution in [0.25, 0.3) is 0 Å². The highest BCUT2D eigenvalue weighted by Gasteiger charge is 2.13. The molecule has 0 aliphatic heterocycles. The molecule has 0 bridgehead atoms. The van der Waals surface area contributed by atoms with Gasteiger partial charge in [0, 0.05) is 5.56 Å². The van der Waals surface area contributed by atoms with E-state index in [2.05, 4.69) is 31.0 Å². The molecule has 0 radical (unpaired) electrons. The minimum absolute atomic E-state index is 0.166. The molecule has 1 aromatic carbocycles. The fourth-order valence-corrected chi connectivity index (χ4v) is 4.06.